The maximum absolute atomic E-state index is 11.8. The average molecular weight is 211 g/mol. The summed E-state index contributed by atoms with van der Waals surface area (Å²) in [6, 6.07) is 0. The smallest absolute Gasteiger partial charge is 0.238 e. The molecule has 2 fully saturated rings. The monoisotopic (exact) mass is 211 g/mol. The first kappa shape index (κ1) is 10.9. The van der Waals surface area contributed by atoms with E-state index in [1.165, 1.54) is 12.8 Å². The van der Waals surface area contributed by atoms with Crippen LogP contribution in [0.25, 0.3) is 0 Å². The van der Waals surface area contributed by atoms with Crippen LogP contribution >= 0.6 is 0 Å². The van der Waals surface area contributed by atoms with Crippen LogP contribution in [0.4, 0.5) is 0 Å². The summed E-state index contributed by atoms with van der Waals surface area (Å²) in [4.78, 5) is 11.8. The molecule has 1 atom stereocenters. The van der Waals surface area contributed by atoms with E-state index in [9.17, 15) is 4.79 Å². The van der Waals surface area contributed by atoms with E-state index < -0.39 is 0 Å². The van der Waals surface area contributed by atoms with Gasteiger partial charge in [0.1, 0.15) is 0 Å². The fourth-order valence-electron chi connectivity index (χ4n) is 2.65. The summed E-state index contributed by atoms with van der Waals surface area (Å²) in [5.41, 5.74) is 9.09. The lowest BCUT2D eigenvalue weighted by molar-refractivity contribution is -0.130. The molecule has 0 aromatic carbocycles. The molecular weight excluding hydrogens is 190 g/mol. The molecule has 2 aliphatic rings. The predicted octanol–water partition coefficient (Wildman–Crippen LogP) is 0.631. The van der Waals surface area contributed by atoms with E-state index >= 15 is 0 Å². The lowest BCUT2D eigenvalue weighted by atomic mass is 9.96. The van der Waals surface area contributed by atoms with E-state index in [0.29, 0.717) is 18.9 Å². The topological polar surface area (TPSA) is 58.4 Å². The van der Waals surface area contributed by atoms with Crippen molar-refractivity contribution in [1.82, 2.24) is 10.4 Å². The average Bonchev–Trinajstić information content (AvgIpc) is 2.76. The second-order valence-corrected chi connectivity index (χ2v) is 5.12. The Balaban J connectivity index is 1.95. The number of nitrogens with zero attached hydrogens (tertiary/aromatic N) is 1. The highest BCUT2D eigenvalue weighted by atomic mass is 16.2. The number of hydrazine groups is 1. The number of hydrogen-bond donors (Lipinski definition) is 2. The van der Waals surface area contributed by atoms with E-state index in [1.807, 2.05) is 0 Å². The number of carbonyl (C=O) groups is 1. The third-order valence-electron chi connectivity index (χ3n) is 3.62. The minimum Gasteiger partial charge on any atom is -0.330 e. The van der Waals surface area contributed by atoms with Gasteiger partial charge in [0.05, 0.1) is 0 Å². The van der Waals surface area contributed by atoms with Gasteiger partial charge in [-0.25, -0.2) is 5.43 Å². The molecular formula is C11H21N3O. The van der Waals surface area contributed by atoms with Crippen LogP contribution in [0.5, 0.6) is 0 Å². The Bertz CT molecular complexity index is 248. The van der Waals surface area contributed by atoms with E-state index in [4.69, 9.17) is 5.73 Å². The molecule has 3 N–H and O–H groups in total. The van der Waals surface area contributed by atoms with Crippen LogP contribution in [0, 0.1) is 5.92 Å². The molecule has 15 heavy (non-hydrogen) atoms. The highest BCUT2D eigenvalue weighted by Crippen LogP contribution is 2.36. The number of nitrogens with two attached hydrogens (primary N) is 1. The molecule has 4 nitrogen and oxygen atoms in total. The van der Waals surface area contributed by atoms with Gasteiger partial charge in [-0.1, -0.05) is 19.8 Å². The standard InChI is InChI=1S/C11H21N3O/c1-9(7-12)8-14-10(15)6-11(13-14)4-2-3-5-11/h9,13H,2-8,12H2,1H3. The summed E-state index contributed by atoms with van der Waals surface area (Å²) in [5.74, 6) is 0.621. The van der Waals surface area contributed by atoms with Gasteiger partial charge >= 0.3 is 0 Å². The molecule has 0 aromatic rings. The Hall–Kier alpha value is -0.610. The van der Waals surface area contributed by atoms with Gasteiger partial charge in [0.25, 0.3) is 0 Å². The lowest BCUT2D eigenvalue weighted by Crippen LogP contribution is -2.46. The number of hydrogen-bond acceptors (Lipinski definition) is 3. The SMILES string of the molecule is CC(CN)CN1NC2(CCCC2)CC1=O. The Labute approximate surface area is 91.2 Å². The number of nitrogens with one attached hydrogen (secondary N) is 1. The molecule has 0 bridgehead atoms. The molecule has 1 aliphatic heterocycles. The molecule has 1 saturated heterocycles. The van der Waals surface area contributed by atoms with Gasteiger partial charge in [0.15, 0.2) is 0 Å². The quantitative estimate of drug-likeness (QED) is 0.720. The predicted molar refractivity (Wildman–Crippen MR) is 58.9 cm³/mol. The van der Waals surface area contributed by atoms with E-state index in [0.717, 1.165) is 19.4 Å². The summed E-state index contributed by atoms with van der Waals surface area (Å²) in [6.45, 7) is 3.46. The molecule has 4 heteroatoms. The van der Waals surface area contributed by atoms with Crippen molar-refractivity contribution < 1.29 is 4.79 Å². The van der Waals surface area contributed by atoms with E-state index in [1.54, 1.807) is 5.01 Å². The molecule has 2 rings (SSSR count). The zero-order chi connectivity index (χ0) is 10.9. The van der Waals surface area contributed by atoms with Crippen LogP contribution < -0.4 is 11.2 Å². The van der Waals surface area contributed by atoms with Gasteiger partial charge in [0, 0.05) is 18.5 Å². The molecule has 1 spiro atoms. The Morgan fingerprint density at radius 3 is 2.80 bits per heavy atom. The third-order valence-corrected chi connectivity index (χ3v) is 3.62. The van der Waals surface area contributed by atoms with Crippen molar-refractivity contribution in [2.45, 2.75) is 44.6 Å². The summed E-state index contributed by atoms with van der Waals surface area (Å²) >= 11 is 0. The maximum Gasteiger partial charge on any atom is 0.238 e. The normalized spacial score (nSPS) is 26.5. The van der Waals surface area contributed by atoms with Crippen LogP contribution in [0.3, 0.4) is 0 Å². The van der Waals surface area contributed by atoms with Gasteiger partial charge in [-0.15, -0.1) is 0 Å². The molecule has 1 unspecified atom stereocenters. The second-order valence-electron chi connectivity index (χ2n) is 5.12. The molecule has 86 valence electrons. The van der Waals surface area contributed by atoms with Gasteiger partial charge in [-0.2, -0.15) is 0 Å². The first-order chi connectivity index (χ1) is 7.15. The van der Waals surface area contributed by atoms with Crippen molar-refractivity contribution in [1.29, 1.82) is 0 Å². The molecule has 1 saturated carbocycles. The van der Waals surface area contributed by atoms with E-state index in [2.05, 4.69) is 12.3 Å². The Morgan fingerprint density at radius 2 is 2.20 bits per heavy atom. The first-order valence-corrected chi connectivity index (χ1v) is 5.93. The Kier molecular flexibility index (Phi) is 2.98. The molecule has 1 heterocycles. The Morgan fingerprint density at radius 1 is 1.53 bits per heavy atom. The van der Waals surface area contributed by atoms with E-state index in [-0.39, 0.29) is 11.4 Å². The highest BCUT2D eigenvalue weighted by molar-refractivity contribution is 5.79. The van der Waals surface area contributed by atoms with Crippen LogP contribution in [-0.4, -0.2) is 29.5 Å². The largest absolute Gasteiger partial charge is 0.330 e. The van der Waals surface area contributed by atoms with Crippen molar-refractivity contribution in [3.05, 3.63) is 0 Å². The maximum atomic E-state index is 11.8. The summed E-state index contributed by atoms with van der Waals surface area (Å²) in [6.07, 6.45) is 5.48. The van der Waals surface area contributed by atoms with Crippen LogP contribution in [0.2, 0.25) is 0 Å². The lowest BCUT2D eigenvalue weighted by Gasteiger charge is -2.26. The zero-order valence-corrected chi connectivity index (χ0v) is 9.46. The van der Waals surface area contributed by atoms with Crippen molar-refractivity contribution >= 4 is 5.91 Å². The second kappa shape index (κ2) is 4.10. The molecule has 1 aliphatic carbocycles. The summed E-state index contributed by atoms with van der Waals surface area (Å²) in [5, 5.41) is 1.79. The minimum atomic E-state index is 0.103. The number of amides is 1. The highest BCUT2D eigenvalue weighted by Gasteiger charge is 2.44. The van der Waals surface area contributed by atoms with Crippen LogP contribution in [0.15, 0.2) is 0 Å². The molecule has 1 amide bonds. The zero-order valence-electron chi connectivity index (χ0n) is 9.46. The van der Waals surface area contributed by atoms with Gasteiger partial charge in [0.2, 0.25) is 5.91 Å². The van der Waals surface area contributed by atoms with Crippen molar-refractivity contribution in [2.75, 3.05) is 13.1 Å². The molecule has 0 aromatic heterocycles. The summed E-state index contributed by atoms with van der Waals surface area (Å²) in [7, 11) is 0. The number of carbonyl (C=O) groups excluding carboxylic acids is 1. The van der Waals surface area contributed by atoms with Gasteiger partial charge < -0.3 is 5.73 Å². The van der Waals surface area contributed by atoms with Gasteiger partial charge in [-0.05, 0) is 25.3 Å². The number of rotatable bonds is 3. The van der Waals surface area contributed by atoms with Crippen LogP contribution in [-0.2, 0) is 4.79 Å². The van der Waals surface area contributed by atoms with Crippen molar-refractivity contribution in [3.63, 3.8) is 0 Å². The fourth-order valence-corrected chi connectivity index (χ4v) is 2.65. The molecule has 0 radical (unpaired) electrons. The summed E-state index contributed by atoms with van der Waals surface area (Å²) < 4.78 is 0. The van der Waals surface area contributed by atoms with Crippen molar-refractivity contribution in [3.8, 4) is 0 Å². The van der Waals surface area contributed by atoms with Crippen LogP contribution in [0.1, 0.15) is 39.0 Å². The van der Waals surface area contributed by atoms with Crippen molar-refractivity contribution in [2.24, 2.45) is 11.7 Å². The third kappa shape index (κ3) is 2.16. The fraction of sp³-hybridized carbons (Fsp3) is 0.909. The van der Waals surface area contributed by atoms with Gasteiger partial charge in [-0.3, -0.25) is 9.80 Å². The first-order valence-electron chi connectivity index (χ1n) is 5.93. The minimum absolute atomic E-state index is 0.103.